The Kier molecular flexibility index (Phi) is 2.49. The van der Waals surface area contributed by atoms with Gasteiger partial charge in [-0.1, -0.05) is 0 Å². The minimum Gasteiger partial charge on any atom is -0.383 e. The molecule has 1 aliphatic heterocycles. The molecule has 1 aromatic heterocycles. The summed E-state index contributed by atoms with van der Waals surface area (Å²) in [5, 5.41) is 0. The smallest absolute Gasteiger partial charge is 0.282 e. The number of alkyl halides is 2. The monoisotopic (exact) mass is 263 g/mol. The molecular formula is C9H11F2N3O2S. The average Bonchev–Trinajstić information content (AvgIpc) is 2.13. The molecular weight excluding hydrogens is 252 g/mol. The predicted octanol–water partition coefficient (Wildman–Crippen LogP) is 0.523. The summed E-state index contributed by atoms with van der Waals surface area (Å²) in [5.41, 5.74) is 5.77. The normalized spacial score (nSPS) is 18.9. The van der Waals surface area contributed by atoms with Gasteiger partial charge >= 0.3 is 0 Å². The van der Waals surface area contributed by atoms with Crippen LogP contribution in [0.15, 0.2) is 17.2 Å². The molecule has 1 aromatic rings. The molecule has 17 heavy (non-hydrogen) atoms. The van der Waals surface area contributed by atoms with Crippen molar-refractivity contribution < 1.29 is 17.2 Å². The highest BCUT2D eigenvalue weighted by molar-refractivity contribution is 7.90. The molecule has 2 heterocycles. The van der Waals surface area contributed by atoms with E-state index in [1.807, 2.05) is 0 Å². The Morgan fingerprint density at radius 1 is 1.47 bits per heavy atom. The van der Waals surface area contributed by atoms with Gasteiger partial charge in [0.25, 0.3) is 5.92 Å². The molecule has 0 aromatic carbocycles. The fraction of sp³-hybridized carbons (Fsp3) is 0.444. The fourth-order valence-corrected chi connectivity index (χ4v) is 2.38. The van der Waals surface area contributed by atoms with E-state index in [0.29, 0.717) is 5.69 Å². The maximum atomic E-state index is 12.7. The van der Waals surface area contributed by atoms with Crippen LogP contribution in [0.3, 0.4) is 0 Å². The lowest BCUT2D eigenvalue weighted by atomic mass is 10.1. The number of halogens is 2. The molecule has 0 atom stereocenters. The molecule has 0 amide bonds. The third-order valence-electron chi connectivity index (χ3n) is 2.48. The molecule has 0 aliphatic carbocycles. The van der Waals surface area contributed by atoms with Crippen molar-refractivity contribution in [2.24, 2.45) is 0 Å². The van der Waals surface area contributed by atoms with Gasteiger partial charge in [0.05, 0.1) is 25.0 Å². The summed E-state index contributed by atoms with van der Waals surface area (Å²) in [6, 6.07) is 1.27. The van der Waals surface area contributed by atoms with E-state index in [1.54, 1.807) is 0 Å². The summed E-state index contributed by atoms with van der Waals surface area (Å²) >= 11 is 0. The second kappa shape index (κ2) is 3.52. The number of nitrogen functional groups attached to an aromatic ring is 1. The summed E-state index contributed by atoms with van der Waals surface area (Å²) < 4.78 is 48.1. The van der Waals surface area contributed by atoms with E-state index in [-0.39, 0.29) is 10.7 Å². The van der Waals surface area contributed by atoms with Crippen LogP contribution in [0.1, 0.15) is 0 Å². The van der Waals surface area contributed by atoms with Gasteiger partial charge in [-0.2, -0.15) is 0 Å². The van der Waals surface area contributed by atoms with E-state index in [2.05, 4.69) is 4.98 Å². The van der Waals surface area contributed by atoms with E-state index in [4.69, 9.17) is 5.73 Å². The Morgan fingerprint density at radius 2 is 2.06 bits per heavy atom. The van der Waals surface area contributed by atoms with Crippen LogP contribution in [0.2, 0.25) is 0 Å². The molecule has 1 fully saturated rings. The van der Waals surface area contributed by atoms with Crippen molar-refractivity contribution >= 4 is 21.3 Å². The molecule has 0 saturated carbocycles. The van der Waals surface area contributed by atoms with Crippen molar-refractivity contribution in [2.75, 3.05) is 30.0 Å². The molecule has 1 aliphatic rings. The van der Waals surface area contributed by atoms with Crippen LogP contribution in [0.25, 0.3) is 0 Å². The maximum absolute atomic E-state index is 12.7. The molecule has 0 spiro atoms. The van der Waals surface area contributed by atoms with Crippen LogP contribution >= 0.6 is 0 Å². The quantitative estimate of drug-likeness (QED) is 0.842. The summed E-state index contributed by atoms with van der Waals surface area (Å²) in [6.45, 7) is -0.858. The van der Waals surface area contributed by atoms with E-state index in [1.165, 1.54) is 17.2 Å². The molecule has 0 unspecified atom stereocenters. The van der Waals surface area contributed by atoms with E-state index >= 15 is 0 Å². The zero-order valence-electron chi connectivity index (χ0n) is 9.02. The van der Waals surface area contributed by atoms with Crippen molar-refractivity contribution in [3.05, 3.63) is 12.3 Å². The first-order chi connectivity index (χ1) is 7.69. The van der Waals surface area contributed by atoms with Crippen molar-refractivity contribution in [3.63, 3.8) is 0 Å². The number of rotatable bonds is 2. The minimum absolute atomic E-state index is 0.122. The Bertz CT molecular complexity index is 551. The number of anilines is 2. The molecule has 0 radical (unpaired) electrons. The van der Waals surface area contributed by atoms with Gasteiger partial charge in [0.2, 0.25) is 0 Å². The van der Waals surface area contributed by atoms with Gasteiger partial charge in [0.1, 0.15) is 10.7 Å². The number of pyridine rings is 1. The second-order valence-electron chi connectivity index (χ2n) is 4.06. The summed E-state index contributed by atoms with van der Waals surface area (Å²) in [6.07, 6.45) is 2.29. The summed E-state index contributed by atoms with van der Waals surface area (Å²) in [4.78, 5) is 4.92. The molecule has 0 bridgehead atoms. The van der Waals surface area contributed by atoms with E-state index in [0.717, 1.165) is 6.26 Å². The summed E-state index contributed by atoms with van der Waals surface area (Å²) in [5.74, 6) is -2.84. The molecule has 8 heteroatoms. The van der Waals surface area contributed by atoms with Crippen LogP contribution in [0, 0.1) is 0 Å². The SMILES string of the molecule is CS(=O)(=O)c1cc(N2CC(F)(F)C2)cnc1N. The lowest BCUT2D eigenvalue weighted by Gasteiger charge is -2.40. The Morgan fingerprint density at radius 3 is 2.53 bits per heavy atom. The van der Waals surface area contributed by atoms with Gasteiger partial charge in [-0.05, 0) is 6.07 Å². The van der Waals surface area contributed by atoms with Gasteiger partial charge in [-0.3, -0.25) is 0 Å². The average molecular weight is 263 g/mol. The van der Waals surface area contributed by atoms with Crippen LogP contribution < -0.4 is 10.6 Å². The third kappa shape index (κ3) is 2.31. The van der Waals surface area contributed by atoms with Gasteiger partial charge in [-0.15, -0.1) is 0 Å². The van der Waals surface area contributed by atoms with Crippen LogP contribution in [-0.2, 0) is 9.84 Å². The van der Waals surface area contributed by atoms with Crippen LogP contribution in [0.4, 0.5) is 20.3 Å². The fourth-order valence-electron chi connectivity index (χ4n) is 1.61. The standard InChI is InChI=1S/C9H11F2N3O2S/c1-17(15,16)7-2-6(3-13-8(7)12)14-4-9(10,11)5-14/h2-3H,4-5H2,1H3,(H2,12,13). The third-order valence-corrected chi connectivity index (χ3v) is 3.60. The number of hydrogen-bond acceptors (Lipinski definition) is 5. The highest BCUT2D eigenvalue weighted by Gasteiger charge is 2.44. The lowest BCUT2D eigenvalue weighted by Crippen LogP contribution is -2.56. The molecule has 5 nitrogen and oxygen atoms in total. The van der Waals surface area contributed by atoms with Crippen molar-refractivity contribution in [3.8, 4) is 0 Å². The Labute approximate surface area is 97.2 Å². The van der Waals surface area contributed by atoms with Crippen molar-refractivity contribution in [2.45, 2.75) is 10.8 Å². The van der Waals surface area contributed by atoms with Crippen molar-refractivity contribution in [1.82, 2.24) is 4.98 Å². The zero-order chi connectivity index (χ0) is 12.8. The first kappa shape index (κ1) is 12.0. The first-order valence-corrected chi connectivity index (χ1v) is 6.66. The summed E-state index contributed by atoms with van der Waals surface area (Å²) in [7, 11) is -3.50. The highest BCUT2D eigenvalue weighted by Crippen LogP contribution is 2.33. The molecule has 1 saturated heterocycles. The Hall–Kier alpha value is -1.44. The molecule has 2 rings (SSSR count). The first-order valence-electron chi connectivity index (χ1n) is 4.77. The molecule has 94 valence electrons. The number of nitrogens with two attached hydrogens (primary N) is 1. The number of nitrogens with zero attached hydrogens (tertiary/aromatic N) is 2. The topological polar surface area (TPSA) is 76.3 Å². The minimum atomic E-state index is -3.50. The molecule has 2 N–H and O–H groups in total. The van der Waals surface area contributed by atoms with Crippen molar-refractivity contribution in [1.29, 1.82) is 0 Å². The number of aromatic nitrogens is 1. The van der Waals surface area contributed by atoms with Gasteiger partial charge < -0.3 is 10.6 Å². The largest absolute Gasteiger partial charge is 0.383 e. The predicted molar refractivity (Wildman–Crippen MR) is 58.9 cm³/mol. The van der Waals surface area contributed by atoms with E-state index < -0.39 is 28.8 Å². The Balaban J connectivity index is 2.33. The van der Waals surface area contributed by atoms with Gasteiger partial charge in [0, 0.05) is 6.26 Å². The van der Waals surface area contributed by atoms with Crippen LogP contribution in [0.5, 0.6) is 0 Å². The number of sulfone groups is 1. The number of hydrogen-bond donors (Lipinski definition) is 1. The van der Waals surface area contributed by atoms with Gasteiger partial charge in [-0.25, -0.2) is 22.2 Å². The lowest BCUT2D eigenvalue weighted by molar-refractivity contribution is -0.0263. The van der Waals surface area contributed by atoms with Crippen LogP contribution in [-0.4, -0.2) is 38.7 Å². The zero-order valence-corrected chi connectivity index (χ0v) is 9.84. The van der Waals surface area contributed by atoms with Gasteiger partial charge in [0.15, 0.2) is 9.84 Å². The highest BCUT2D eigenvalue weighted by atomic mass is 32.2. The second-order valence-corrected chi connectivity index (χ2v) is 6.05. The van der Waals surface area contributed by atoms with E-state index in [9.17, 15) is 17.2 Å². The maximum Gasteiger partial charge on any atom is 0.282 e.